The molecule has 0 radical (unpaired) electrons. The van der Waals surface area contributed by atoms with Crippen LogP contribution in [-0.4, -0.2) is 12.1 Å². The van der Waals surface area contributed by atoms with E-state index in [2.05, 4.69) is 16.4 Å². The maximum atomic E-state index is 5.30. The monoisotopic (exact) mass is 308 g/mol. The number of rotatable bonds is 5. The lowest BCUT2D eigenvalue weighted by Gasteiger charge is -2.09. The molecule has 1 aromatic carbocycles. The molecule has 0 unspecified atom stereocenters. The highest BCUT2D eigenvalue weighted by atomic mass is 79.9. The van der Waals surface area contributed by atoms with Crippen LogP contribution in [0.4, 0.5) is 0 Å². The zero-order valence-corrected chi connectivity index (χ0v) is 12.0. The number of pyridine rings is 1. The number of nitrogens with zero attached hydrogens (tertiary/aromatic N) is 1. The van der Waals surface area contributed by atoms with Gasteiger partial charge in [0.05, 0.1) is 7.11 Å². The van der Waals surface area contributed by atoms with Crippen molar-refractivity contribution in [3.8, 4) is 5.75 Å². The van der Waals surface area contributed by atoms with Crippen LogP contribution < -0.4 is 10.1 Å². The molecule has 96 valence electrons. The molecule has 0 saturated heterocycles. The number of ether oxygens (including phenoxy) is 1. The Labute approximate surface area is 118 Å². The fraction of sp³-hybridized carbons (Fsp3) is 0.214. The van der Waals surface area contributed by atoms with Crippen LogP contribution in [-0.2, 0) is 13.1 Å². The van der Waals surface area contributed by atoms with E-state index < -0.39 is 0 Å². The highest BCUT2D eigenvalue weighted by Crippen LogP contribution is 2.16. The van der Waals surface area contributed by atoms with Gasteiger partial charge in [-0.15, -0.1) is 17.0 Å². The third-order valence-corrected chi connectivity index (χ3v) is 2.59. The third kappa shape index (κ3) is 4.13. The maximum Gasteiger partial charge on any atom is 0.123 e. The van der Waals surface area contributed by atoms with Crippen LogP contribution in [0, 0.1) is 0 Å². The fourth-order valence-corrected chi connectivity index (χ4v) is 1.69. The smallest absolute Gasteiger partial charge is 0.123 e. The van der Waals surface area contributed by atoms with E-state index in [1.807, 2.05) is 30.3 Å². The Morgan fingerprint density at radius 2 is 1.78 bits per heavy atom. The molecule has 0 bridgehead atoms. The number of benzene rings is 1. The standard InChI is InChI=1S/C14H16N2O.BrH/c1-17-14-5-3-2-4-13(14)11-16-10-12-6-8-15-9-7-12;/h2-9,16H,10-11H2,1H3;1H. The van der Waals surface area contributed by atoms with E-state index in [4.69, 9.17) is 4.74 Å². The summed E-state index contributed by atoms with van der Waals surface area (Å²) in [6.45, 7) is 1.63. The Hall–Kier alpha value is -1.39. The Morgan fingerprint density at radius 1 is 1.06 bits per heavy atom. The maximum absolute atomic E-state index is 5.30. The Morgan fingerprint density at radius 3 is 2.50 bits per heavy atom. The number of hydrogen-bond donors (Lipinski definition) is 1. The van der Waals surface area contributed by atoms with Crippen molar-refractivity contribution in [3.05, 3.63) is 59.9 Å². The van der Waals surface area contributed by atoms with Crippen LogP contribution in [0.3, 0.4) is 0 Å². The topological polar surface area (TPSA) is 34.1 Å². The lowest BCUT2D eigenvalue weighted by Crippen LogP contribution is -2.13. The molecule has 4 heteroatoms. The molecule has 0 aliphatic heterocycles. The number of methoxy groups -OCH3 is 1. The fourth-order valence-electron chi connectivity index (χ4n) is 1.69. The summed E-state index contributed by atoms with van der Waals surface area (Å²) in [5.74, 6) is 0.926. The van der Waals surface area contributed by atoms with Gasteiger partial charge in [-0.3, -0.25) is 4.98 Å². The number of halogens is 1. The van der Waals surface area contributed by atoms with Crippen LogP contribution in [0.15, 0.2) is 48.8 Å². The van der Waals surface area contributed by atoms with E-state index in [9.17, 15) is 0 Å². The van der Waals surface area contributed by atoms with Crippen molar-refractivity contribution < 1.29 is 4.74 Å². The van der Waals surface area contributed by atoms with Gasteiger partial charge in [0, 0.05) is 31.0 Å². The van der Waals surface area contributed by atoms with E-state index in [1.165, 1.54) is 11.1 Å². The molecule has 18 heavy (non-hydrogen) atoms. The van der Waals surface area contributed by atoms with Crippen molar-refractivity contribution >= 4 is 17.0 Å². The van der Waals surface area contributed by atoms with Crippen LogP contribution in [0.2, 0.25) is 0 Å². The Balaban J connectivity index is 0.00000162. The highest BCUT2D eigenvalue weighted by molar-refractivity contribution is 8.93. The average molecular weight is 309 g/mol. The zero-order chi connectivity index (χ0) is 11.9. The van der Waals surface area contributed by atoms with Crippen molar-refractivity contribution in [2.75, 3.05) is 7.11 Å². The second-order valence-corrected chi connectivity index (χ2v) is 3.77. The summed E-state index contributed by atoms with van der Waals surface area (Å²) in [5, 5.41) is 3.38. The van der Waals surface area contributed by atoms with Gasteiger partial charge < -0.3 is 10.1 Å². The molecule has 0 aliphatic rings. The normalized spacial score (nSPS) is 9.61. The summed E-state index contributed by atoms with van der Waals surface area (Å²) in [6.07, 6.45) is 3.61. The van der Waals surface area contributed by atoms with Gasteiger partial charge in [0.15, 0.2) is 0 Å². The van der Waals surface area contributed by atoms with Gasteiger partial charge in [0.2, 0.25) is 0 Å². The first-order valence-electron chi connectivity index (χ1n) is 5.61. The largest absolute Gasteiger partial charge is 0.496 e. The minimum atomic E-state index is 0. The molecule has 0 fully saturated rings. The lowest BCUT2D eigenvalue weighted by molar-refractivity contribution is 0.407. The van der Waals surface area contributed by atoms with Crippen molar-refractivity contribution in [2.24, 2.45) is 0 Å². The predicted octanol–water partition coefficient (Wildman–Crippen LogP) is 2.96. The molecular formula is C14H17BrN2O. The summed E-state index contributed by atoms with van der Waals surface area (Å²) >= 11 is 0. The Kier molecular flexibility index (Phi) is 6.39. The highest BCUT2D eigenvalue weighted by Gasteiger charge is 2.00. The average Bonchev–Trinajstić information content (AvgIpc) is 2.40. The van der Waals surface area contributed by atoms with Gasteiger partial charge in [-0.25, -0.2) is 0 Å². The van der Waals surface area contributed by atoms with Gasteiger partial charge in [0.1, 0.15) is 5.75 Å². The molecule has 0 atom stereocenters. The minimum absolute atomic E-state index is 0. The minimum Gasteiger partial charge on any atom is -0.496 e. The SMILES string of the molecule is Br.COc1ccccc1CNCc1ccncc1. The molecule has 3 nitrogen and oxygen atoms in total. The molecule has 0 amide bonds. The third-order valence-electron chi connectivity index (χ3n) is 2.59. The molecule has 0 aliphatic carbocycles. The lowest BCUT2D eigenvalue weighted by atomic mass is 10.2. The van der Waals surface area contributed by atoms with E-state index in [0.717, 1.165) is 18.8 Å². The summed E-state index contributed by atoms with van der Waals surface area (Å²) in [4.78, 5) is 3.99. The summed E-state index contributed by atoms with van der Waals surface area (Å²) < 4.78 is 5.30. The molecule has 1 heterocycles. The second-order valence-electron chi connectivity index (χ2n) is 3.77. The number of nitrogens with one attached hydrogen (secondary N) is 1. The van der Waals surface area contributed by atoms with Crippen molar-refractivity contribution in [2.45, 2.75) is 13.1 Å². The van der Waals surface area contributed by atoms with E-state index >= 15 is 0 Å². The molecule has 0 saturated carbocycles. The summed E-state index contributed by atoms with van der Waals surface area (Å²) in [5.41, 5.74) is 2.40. The van der Waals surface area contributed by atoms with Crippen molar-refractivity contribution in [1.82, 2.24) is 10.3 Å². The quantitative estimate of drug-likeness (QED) is 0.922. The molecular weight excluding hydrogens is 292 g/mol. The van der Waals surface area contributed by atoms with Gasteiger partial charge in [-0.1, -0.05) is 18.2 Å². The van der Waals surface area contributed by atoms with Gasteiger partial charge in [-0.2, -0.15) is 0 Å². The first-order valence-corrected chi connectivity index (χ1v) is 5.61. The number of para-hydroxylation sites is 1. The predicted molar refractivity (Wildman–Crippen MR) is 78.1 cm³/mol. The molecule has 1 aromatic heterocycles. The van der Waals surface area contributed by atoms with Gasteiger partial charge in [0.25, 0.3) is 0 Å². The molecule has 2 aromatic rings. The Bertz CT molecular complexity index is 462. The van der Waals surface area contributed by atoms with Crippen LogP contribution in [0.1, 0.15) is 11.1 Å². The molecule has 2 rings (SSSR count). The molecule has 1 N–H and O–H groups in total. The summed E-state index contributed by atoms with van der Waals surface area (Å²) in [7, 11) is 1.70. The van der Waals surface area contributed by atoms with Gasteiger partial charge in [-0.05, 0) is 23.8 Å². The molecule has 0 spiro atoms. The second kappa shape index (κ2) is 7.84. The number of hydrogen-bond acceptors (Lipinski definition) is 3. The summed E-state index contributed by atoms with van der Waals surface area (Å²) in [6, 6.07) is 12.1. The van der Waals surface area contributed by atoms with Crippen molar-refractivity contribution in [1.29, 1.82) is 0 Å². The van der Waals surface area contributed by atoms with Gasteiger partial charge >= 0.3 is 0 Å². The van der Waals surface area contributed by atoms with E-state index in [1.54, 1.807) is 19.5 Å². The zero-order valence-electron chi connectivity index (χ0n) is 10.3. The van der Waals surface area contributed by atoms with Crippen molar-refractivity contribution in [3.63, 3.8) is 0 Å². The van der Waals surface area contributed by atoms with Crippen LogP contribution in [0.5, 0.6) is 5.75 Å². The van der Waals surface area contributed by atoms with E-state index in [0.29, 0.717) is 0 Å². The first-order chi connectivity index (χ1) is 8.40. The van der Waals surface area contributed by atoms with Crippen LogP contribution >= 0.6 is 17.0 Å². The van der Waals surface area contributed by atoms with E-state index in [-0.39, 0.29) is 17.0 Å². The van der Waals surface area contributed by atoms with Crippen LogP contribution in [0.25, 0.3) is 0 Å². The first kappa shape index (κ1) is 14.7. The number of aromatic nitrogens is 1.